The lowest BCUT2D eigenvalue weighted by atomic mass is 9.77. The highest BCUT2D eigenvalue weighted by Crippen LogP contribution is 2.38. The number of carboxylic acids is 1. The molecule has 1 aromatic carbocycles. The van der Waals surface area contributed by atoms with Crippen molar-refractivity contribution in [2.75, 3.05) is 7.11 Å². The van der Waals surface area contributed by atoms with Crippen LogP contribution in [0.2, 0.25) is 0 Å². The first-order chi connectivity index (χ1) is 17.5. The molecule has 1 N–H and O–H groups in total. The lowest BCUT2D eigenvalue weighted by molar-refractivity contribution is -0.138. The van der Waals surface area contributed by atoms with Crippen LogP contribution in [-0.2, 0) is 11.2 Å². The molecule has 0 atom stereocenters. The van der Waals surface area contributed by atoms with E-state index in [0.29, 0.717) is 30.6 Å². The number of ether oxygens (including phenoxy) is 1. The summed E-state index contributed by atoms with van der Waals surface area (Å²) in [5, 5.41) is 9.79. The zero-order valence-electron chi connectivity index (χ0n) is 20.4. The van der Waals surface area contributed by atoms with Crippen LogP contribution in [0.15, 0.2) is 63.1 Å². The fourth-order valence-corrected chi connectivity index (χ4v) is 5.59. The van der Waals surface area contributed by atoms with Gasteiger partial charge < -0.3 is 9.84 Å². The maximum absolute atomic E-state index is 11.0. The average molecular weight is 504 g/mol. The number of fused-ring (bicyclic) bond motifs is 1. The highest BCUT2D eigenvalue weighted by atomic mass is 35.5. The van der Waals surface area contributed by atoms with Crippen molar-refractivity contribution in [3.05, 3.63) is 69.9 Å². The van der Waals surface area contributed by atoms with E-state index < -0.39 is 5.97 Å². The maximum atomic E-state index is 11.0. The number of benzene rings is 1. The van der Waals surface area contributed by atoms with E-state index in [1.807, 2.05) is 18.3 Å². The van der Waals surface area contributed by atoms with Crippen LogP contribution >= 0.6 is 11.6 Å². The zero-order valence-corrected chi connectivity index (χ0v) is 21.2. The van der Waals surface area contributed by atoms with Crippen LogP contribution in [0.4, 0.5) is 5.69 Å². The van der Waals surface area contributed by atoms with E-state index in [0.717, 1.165) is 77.5 Å². The molecule has 1 aliphatic carbocycles. The van der Waals surface area contributed by atoms with Crippen LogP contribution < -0.4 is 4.74 Å². The molecule has 3 heterocycles. The second-order valence-corrected chi connectivity index (χ2v) is 10.1. The van der Waals surface area contributed by atoms with Gasteiger partial charge in [-0.15, -0.1) is 0 Å². The molecule has 0 spiro atoms. The molecule has 7 heteroatoms. The Morgan fingerprint density at radius 1 is 1.08 bits per heavy atom. The molecule has 0 unspecified atom stereocenters. The Bertz CT molecular complexity index is 1270. The summed E-state index contributed by atoms with van der Waals surface area (Å²) in [6.45, 7) is 0. The first-order valence-electron chi connectivity index (χ1n) is 12.6. The number of carboxylic acid groups (broad SMARTS) is 1. The highest BCUT2D eigenvalue weighted by Gasteiger charge is 2.24. The predicted molar refractivity (Wildman–Crippen MR) is 144 cm³/mol. The summed E-state index contributed by atoms with van der Waals surface area (Å²) in [5.41, 5.74) is 6.91. The first-order valence-corrected chi connectivity index (χ1v) is 12.9. The van der Waals surface area contributed by atoms with Crippen molar-refractivity contribution in [2.24, 2.45) is 15.9 Å². The highest BCUT2D eigenvalue weighted by molar-refractivity contribution is 6.36. The number of methoxy groups -OCH3 is 1. The van der Waals surface area contributed by atoms with Gasteiger partial charge in [-0.1, -0.05) is 41.9 Å². The lowest BCUT2D eigenvalue weighted by Gasteiger charge is -2.28. The fraction of sp³-hybridized carbons (Fsp3) is 0.379. The van der Waals surface area contributed by atoms with Crippen LogP contribution in [0.1, 0.15) is 67.7 Å². The molecule has 1 aromatic heterocycles. The summed E-state index contributed by atoms with van der Waals surface area (Å²) in [5.74, 6) is 0.735. The lowest BCUT2D eigenvalue weighted by Crippen LogP contribution is -2.16. The predicted octanol–water partition coefficient (Wildman–Crippen LogP) is 6.87. The Kier molecular flexibility index (Phi) is 7.33. The summed E-state index contributed by atoms with van der Waals surface area (Å²) in [6.07, 6.45) is 10.4. The topological polar surface area (TPSA) is 84.1 Å². The molecule has 2 aliphatic heterocycles. The van der Waals surface area contributed by atoms with Crippen molar-refractivity contribution in [1.82, 2.24) is 4.98 Å². The number of hydrogen-bond acceptors (Lipinski definition) is 5. The molecule has 2 aromatic rings. The molecule has 0 bridgehead atoms. The quantitative estimate of drug-likeness (QED) is 0.466. The molecule has 6 nitrogen and oxygen atoms in total. The van der Waals surface area contributed by atoms with Crippen LogP contribution in [0.3, 0.4) is 0 Å². The van der Waals surface area contributed by atoms with Gasteiger partial charge in [-0.3, -0.25) is 14.8 Å². The largest absolute Gasteiger partial charge is 0.481 e. The minimum absolute atomic E-state index is 0.293. The fourth-order valence-electron chi connectivity index (χ4n) is 5.36. The number of aromatic nitrogens is 1. The van der Waals surface area contributed by atoms with E-state index >= 15 is 0 Å². The van der Waals surface area contributed by atoms with Crippen LogP contribution in [0.25, 0.3) is 5.70 Å². The zero-order chi connectivity index (χ0) is 25.1. The van der Waals surface area contributed by atoms with Crippen LogP contribution in [-0.4, -0.2) is 35.1 Å². The molecule has 3 aliphatic rings. The van der Waals surface area contributed by atoms with Gasteiger partial charge in [0.1, 0.15) is 0 Å². The van der Waals surface area contributed by atoms with Crippen molar-refractivity contribution in [1.29, 1.82) is 0 Å². The van der Waals surface area contributed by atoms with Gasteiger partial charge in [0.05, 0.1) is 29.9 Å². The van der Waals surface area contributed by atoms with Gasteiger partial charge in [-0.25, -0.2) is 4.98 Å². The van der Waals surface area contributed by atoms with E-state index in [1.165, 1.54) is 5.56 Å². The summed E-state index contributed by atoms with van der Waals surface area (Å²) in [4.78, 5) is 25.1. The number of rotatable bonds is 6. The number of carbonyl (C=O) groups is 1. The Labute approximate surface area is 216 Å². The SMILES string of the molecule is COc1ccc2c(n1)CCC(C1=C(Cl)CC=C(c3ccc(C4CCC(CC(=O)O)CC4)cc3)N=C1)=N2. The van der Waals surface area contributed by atoms with E-state index in [-0.39, 0.29) is 0 Å². The summed E-state index contributed by atoms with van der Waals surface area (Å²) in [6, 6.07) is 12.4. The minimum Gasteiger partial charge on any atom is -0.481 e. The number of allylic oxidation sites excluding steroid dienone is 3. The number of halogens is 1. The number of nitrogens with zero attached hydrogens (tertiary/aromatic N) is 3. The number of aliphatic imine (C=N–C) groups is 2. The van der Waals surface area contributed by atoms with E-state index in [2.05, 4.69) is 35.3 Å². The number of hydrogen-bond donors (Lipinski definition) is 1. The molecular formula is C29H30ClN3O3. The molecule has 0 radical (unpaired) electrons. The second kappa shape index (κ2) is 10.8. The minimum atomic E-state index is -0.684. The molecule has 0 amide bonds. The van der Waals surface area contributed by atoms with Gasteiger partial charge in [0.15, 0.2) is 0 Å². The van der Waals surface area contributed by atoms with Crippen molar-refractivity contribution >= 4 is 40.9 Å². The molecule has 0 saturated heterocycles. The third-order valence-electron chi connectivity index (χ3n) is 7.39. The van der Waals surface area contributed by atoms with Gasteiger partial charge >= 0.3 is 5.97 Å². The second-order valence-electron chi connectivity index (χ2n) is 9.69. The first kappa shape index (κ1) is 24.4. The molecule has 36 heavy (non-hydrogen) atoms. The van der Waals surface area contributed by atoms with Crippen LogP contribution in [0.5, 0.6) is 5.88 Å². The molecular weight excluding hydrogens is 474 g/mol. The van der Waals surface area contributed by atoms with E-state index in [9.17, 15) is 4.79 Å². The summed E-state index contributed by atoms with van der Waals surface area (Å²) >= 11 is 6.71. The Morgan fingerprint density at radius 2 is 1.86 bits per heavy atom. The molecule has 1 saturated carbocycles. The summed E-state index contributed by atoms with van der Waals surface area (Å²) in [7, 11) is 1.62. The monoisotopic (exact) mass is 503 g/mol. The van der Waals surface area contributed by atoms with Crippen molar-refractivity contribution in [3.8, 4) is 5.88 Å². The summed E-state index contributed by atoms with van der Waals surface area (Å²) < 4.78 is 5.23. The Hall–Kier alpha value is -3.25. The van der Waals surface area contributed by atoms with E-state index in [1.54, 1.807) is 7.11 Å². The Balaban J connectivity index is 1.27. The van der Waals surface area contributed by atoms with Gasteiger partial charge in [0.2, 0.25) is 5.88 Å². The number of aryl methyl sites for hydroxylation is 1. The molecule has 5 rings (SSSR count). The number of aliphatic carboxylic acids is 1. The third-order valence-corrected chi connectivity index (χ3v) is 7.74. The van der Waals surface area contributed by atoms with Crippen molar-refractivity contribution < 1.29 is 14.6 Å². The smallest absolute Gasteiger partial charge is 0.303 e. The number of pyridine rings is 1. The van der Waals surface area contributed by atoms with Gasteiger partial charge in [-0.2, -0.15) is 0 Å². The molecule has 1 fully saturated rings. The van der Waals surface area contributed by atoms with Gasteiger partial charge in [0.25, 0.3) is 0 Å². The van der Waals surface area contributed by atoms with Gasteiger partial charge in [0, 0.05) is 35.7 Å². The normalized spacial score (nSPS) is 21.8. The Morgan fingerprint density at radius 3 is 2.58 bits per heavy atom. The molecule has 186 valence electrons. The standard InChI is InChI=1S/C29H30ClN3O3/c1-36-28-15-14-26-27(33-28)13-12-25(32-26)22-17-31-24(11-10-23(22)30)21-8-6-20(7-9-21)19-4-2-18(3-5-19)16-29(34)35/h6-9,11,14-15,17-19H,2-5,10,12-13,16H2,1H3,(H,34,35). The van der Waals surface area contributed by atoms with Crippen LogP contribution in [0, 0.1) is 5.92 Å². The van der Waals surface area contributed by atoms with Crippen molar-refractivity contribution in [2.45, 2.75) is 57.3 Å². The average Bonchev–Trinajstić information content (AvgIpc) is 3.10. The maximum Gasteiger partial charge on any atom is 0.303 e. The van der Waals surface area contributed by atoms with Crippen molar-refractivity contribution in [3.63, 3.8) is 0 Å². The van der Waals surface area contributed by atoms with E-state index in [4.69, 9.17) is 31.4 Å². The van der Waals surface area contributed by atoms with Gasteiger partial charge in [-0.05, 0) is 67.6 Å². The third kappa shape index (κ3) is 5.44.